The van der Waals surface area contributed by atoms with Gasteiger partial charge in [0.25, 0.3) is 0 Å². The van der Waals surface area contributed by atoms with E-state index in [-0.39, 0.29) is 11.8 Å². The zero-order valence-electron chi connectivity index (χ0n) is 16.5. The molecule has 0 aromatic heterocycles. The Morgan fingerprint density at radius 3 is 2.11 bits per heavy atom. The Kier molecular flexibility index (Phi) is 6.21. The van der Waals surface area contributed by atoms with Gasteiger partial charge in [-0.05, 0) is 29.7 Å². The fourth-order valence-electron chi connectivity index (χ4n) is 3.82. The molecule has 1 aromatic carbocycles. The number of ether oxygens (including phenoxy) is 2. The van der Waals surface area contributed by atoms with Gasteiger partial charge in [-0.3, -0.25) is 14.5 Å². The standard InChI is InChI=1S/C20H29N3O4/c1-15(24)22-8-10-23(11-9-22)20(25)5-7-21-6-4-16-12-18(26-2)19(27-3)13-17(16)14-21/h12-13H,4-11,14H2,1-3H3. The number of piperazine rings is 1. The van der Waals surface area contributed by atoms with E-state index in [4.69, 9.17) is 9.47 Å². The Bertz CT molecular complexity index is 699. The number of amides is 2. The first-order chi connectivity index (χ1) is 13.0. The predicted octanol–water partition coefficient (Wildman–Crippen LogP) is 1.14. The Morgan fingerprint density at radius 2 is 1.52 bits per heavy atom. The summed E-state index contributed by atoms with van der Waals surface area (Å²) in [5, 5.41) is 0. The van der Waals surface area contributed by atoms with E-state index in [1.165, 1.54) is 11.1 Å². The normalized spacial score (nSPS) is 17.4. The Balaban J connectivity index is 1.51. The largest absolute Gasteiger partial charge is 0.493 e. The minimum atomic E-state index is 0.0844. The molecule has 1 saturated heterocycles. The molecule has 2 heterocycles. The third-order valence-corrected chi connectivity index (χ3v) is 5.52. The SMILES string of the molecule is COc1cc2c(cc1OC)CN(CCC(=O)N1CCN(C(C)=O)CC1)CC2. The second kappa shape index (κ2) is 8.61. The molecule has 2 aliphatic rings. The molecule has 7 heteroatoms. The van der Waals surface area contributed by atoms with Crippen molar-refractivity contribution in [2.45, 2.75) is 26.3 Å². The molecule has 0 radical (unpaired) electrons. The van der Waals surface area contributed by atoms with Crippen molar-refractivity contribution in [3.05, 3.63) is 23.3 Å². The van der Waals surface area contributed by atoms with Crippen LogP contribution in [0.5, 0.6) is 11.5 Å². The van der Waals surface area contributed by atoms with Gasteiger partial charge < -0.3 is 19.3 Å². The molecule has 2 amide bonds. The highest BCUT2D eigenvalue weighted by molar-refractivity contribution is 5.77. The second-order valence-electron chi connectivity index (χ2n) is 7.14. The Labute approximate surface area is 160 Å². The van der Waals surface area contributed by atoms with Crippen molar-refractivity contribution >= 4 is 11.8 Å². The average molecular weight is 375 g/mol. The van der Waals surface area contributed by atoms with Gasteiger partial charge in [-0.15, -0.1) is 0 Å². The summed E-state index contributed by atoms with van der Waals surface area (Å²) < 4.78 is 10.8. The molecule has 0 saturated carbocycles. The van der Waals surface area contributed by atoms with Crippen molar-refractivity contribution < 1.29 is 19.1 Å². The third kappa shape index (κ3) is 4.53. The van der Waals surface area contributed by atoms with Crippen LogP contribution in [0.2, 0.25) is 0 Å². The van der Waals surface area contributed by atoms with Gasteiger partial charge in [-0.2, -0.15) is 0 Å². The van der Waals surface area contributed by atoms with E-state index in [1.807, 2.05) is 11.0 Å². The van der Waals surface area contributed by atoms with Gasteiger partial charge in [0.1, 0.15) is 0 Å². The highest BCUT2D eigenvalue weighted by Gasteiger charge is 2.24. The Hall–Kier alpha value is -2.28. The zero-order valence-corrected chi connectivity index (χ0v) is 16.5. The van der Waals surface area contributed by atoms with Crippen LogP contribution in [0.4, 0.5) is 0 Å². The van der Waals surface area contributed by atoms with Crippen LogP contribution in [0, 0.1) is 0 Å². The lowest BCUT2D eigenvalue weighted by Crippen LogP contribution is -2.50. The van der Waals surface area contributed by atoms with Crippen molar-refractivity contribution in [3.8, 4) is 11.5 Å². The summed E-state index contributed by atoms with van der Waals surface area (Å²) in [5.41, 5.74) is 2.53. The summed E-state index contributed by atoms with van der Waals surface area (Å²) in [4.78, 5) is 29.9. The molecule has 0 spiro atoms. The lowest BCUT2D eigenvalue weighted by molar-refractivity contribution is -0.138. The number of carbonyl (C=O) groups is 2. The summed E-state index contributed by atoms with van der Waals surface area (Å²) in [5.74, 6) is 1.78. The van der Waals surface area contributed by atoms with Gasteiger partial charge in [-0.25, -0.2) is 0 Å². The van der Waals surface area contributed by atoms with Gasteiger partial charge in [0.2, 0.25) is 11.8 Å². The lowest BCUT2D eigenvalue weighted by Gasteiger charge is -2.35. The minimum absolute atomic E-state index is 0.0844. The van der Waals surface area contributed by atoms with E-state index in [0.717, 1.165) is 37.6 Å². The van der Waals surface area contributed by atoms with E-state index in [2.05, 4.69) is 11.0 Å². The molecule has 0 bridgehead atoms. The van der Waals surface area contributed by atoms with Crippen LogP contribution in [0.15, 0.2) is 12.1 Å². The molecule has 0 unspecified atom stereocenters. The topological polar surface area (TPSA) is 62.3 Å². The lowest BCUT2D eigenvalue weighted by atomic mass is 9.98. The fourth-order valence-corrected chi connectivity index (χ4v) is 3.82. The Morgan fingerprint density at radius 1 is 0.926 bits per heavy atom. The average Bonchev–Trinajstić information content (AvgIpc) is 2.70. The highest BCUT2D eigenvalue weighted by Crippen LogP contribution is 2.33. The number of benzene rings is 1. The van der Waals surface area contributed by atoms with Gasteiger partial charge in [0, 0.05) is 59.2 Å². The monoisotopic (exact) mass is 375 g/mol. The maximum absolute atomic E-state index is 12.5. The zero-order chi connectivity index (χ0) is 19.4. The first-order valence-corrected chi connectivity index (χ1v) is 9.51. The van der Waals surface area contributed by atoms with Crippen molar-refractivity contribution in [1.29, 1.82) is 0 Å². The minimum Gasteiger partial charge on any atom is -0.493 e. The number of nitrogens with zero attached hydrogens (tertiary/aromatic N) is 3. The number of hydrogen-bond acceptors (Lipinski definition) is 5. The first kappa shape index (κ1) is 19.5. The van der Waals surface area contributed by atoms with Gasteiger partial charge >= 0.3 is 0 Å². The van der Waals surface area contributed by atoms with Gasteiger partial charge in [0.05, 0.1) is 14.2 Å². The number of rotatable bonds is 5. The highest BCUT2D eigenvalue weighted by atomic mass is 16.5. The van der Waals surface area contributed by atoms with E-state index in [0.29, 0.717) is 32.6 Å². The molecule has 0 N–H and O–H groups in total. The molecule has 0 atom stereocenters. The van der Waals surface area contributed by atoms with Crippen LogP contribution in [0.1, 0.15) is 24.5 Å². The first-order valence-electron chi connectivity index (χ1n) is 9.51. The van der Waals surface area contributed by atoms with Crippen LogP contribution in [-0.2, 0) is 22.6 Å². The number of methoxy groups -OCH3 is 2. The maximum Gasteiger partial charge on any atom is 0.223 e. The van der Waals surface area contributed by atoms with Crippen LogP contribution in [0.3, 0.4) is 0 Å². The van der Waals surface area contributed by atoms with Crippen LogP contribution < -0.4 is 9.47 Å². The molecule has 148 valence electrons. The van der Waals surface area contributed by atoms with Crippen LogP contribution in [0.25, 0.3) is 0 Å². The van der Waals surface area contributed by atoms with Crippen molar-refractivity contribution in [2.24, 2.45) is 0 Å². The molecule has 7 nitrogen and oxygen atoms in total. The van der Waals surface area contributed by atoms with E-state index < -0.39 is 0 Å². The molecule has 2 aliphatic heterocycles. The molecule has 3 rings (SSSR count). The van der Waals surface area contributed by atoms with E-state index in [1.54, 1.807) is 26.0 Å². The van der Waals surface area contributed by atoms with Crippen molar-refractivity contribution in [2.75, 3.05) is 53.5 Å². The molecular weight excluding hydrogens is 346 g/mol. The number of carbonyl (C=O) groups excluding carboxylic acids is 2. The van der Waals surface area contributed by atoms with Gasteiger partial charge in [-0.1, -0.05) is 0 Å². The molecule has 0 aliphatic carbocycles. The summed E-state index contributed by atoms with van der Waals surface area (Å²) in [7, 11) is 3.30. The quantitative estimate of drug-likeness (QED) is 0.772. The summed E-state index contributed by atoms with van der Waals surface area (Å²) >= 11 is 0. The molecule has 1 fully saturated rings. The van der Waals surface area contributed by atoms with E-state index in [9.17, 15) is 9.59 Å². The van der Waals surface area contributed by atoms with Crippen molar-refractivity contribution in [1.82, 2.24) is 14.7 Å². The molecule has 27 heavy (non-hydrogen) atoms. The summed E-state index contributed by atoms with van der Waals surface area (Å²) in [6, 6.07) is 4.11. The number of hydrogen-bond donors (Lipinski definition) is 0. The summed E-state index contributed by atoms with van der Waals surface area (Å²) in [6.45, 7) is 6.64. The second-order valence-corrected chi connectivity index (χ2v) is 7.14. The van der Waals surface area contributed by atoms with E-state index >= 15 is 0 Å². The molecular formula is C20H29N3O4. The maximum atomic E-state index is 12.5. The van der Waals surface area contributed by atoms with Gasteiger partial charge in [0.15, 0.2) is 11.5 Å². The van der Waals surface area contributed by atoms with Crippen molar-refractivity contribution in [3.63, 3.8) is 0 Å². The fraction of sp³-hybridized carbons (Fsp3) is 0.600. The number of fused-ring (bicyclic) bond motifs is 1. The summed E-state index contributed by atoms with van der Waals surface area (Å²) in [6.07, 6.45) is 1.46. The predicted molar refractivity (Wildman–Crippen MR) is 102 cm³/mol. The van der Waals surface area contributed by atoms with Crippen LogP contribution in [-0.4, -0.2) is 80.0 Å². The van der Waals surface area contributed by atoms with Crippen LogP contribution >= 0.6 is 0 Å². The smallest absolute Gasteiger partial charge is 0.223 e. The molecule has 1 aromatic rings. The third-order valence-electron chi connectivity index (χ3n) is 5.52.